The molecule has 0 radical (unpaired) electrons. The van der Waals surface area contributed by atoms with Crippen molar-refractivity contribution in [2.24, 2.45) is 5.92 Å². The van der Waals surface area contributed by atoms with Gasteiger partial charge in [0, 0.05) is 5.92 Å². The molecule has 20 heavy (non-hydrogen) atoms. The minimum Gasteiger partial charge on any atom is -0.444 e. The van der Waals surface area contributed by atoms with Crippen LogP contribution in [-0.2, 0) is 10.3 Å². The van der Waals surface area contributed by atoms with E-state index in [1.165, 1.54) is 6.20 Å². The van der Waals surface area contributed by atoms with E-state index >= 15 is 0 Å². The molecule has 0 aromatic carbocycles. The summed E-state index contributed by atoms with van der Waals surface area (Å²) in [7, 11) is 0. The third kappa shape index (κ3) is 3.05. The van der Waals surface area contributed by atoms with Gasteiger partial charge in [0.15, 0.2) is 0 Å². The maximum atomic E-state index is 12.7. The summed E-state index contributed by atoms with van der Waals surface area (Å²) in [5, 5.41) is 12.7. The van der Waals surface area contributed by atoms with E-state index in [4.69, 9.17) is 4.74 Å². The summed E-state index contributed by atoms with van der Waals surface area (Å²) in [4.78, 5) is 11.9. The first kappa shape index (κ1) is 14.7. The average molecular weight is 288 g/mol. The summed E-state index contributed by atoms with van der Waals surface area (Å²) in [6, 6.07) is 0. The number of nitrogens with one attached hydrogen (secondary N) is 2. The van der Waals surface area contributed by atoms with Crippen molar-refractivity contribution in [3.8, 4) is 0 Å². The summed E-state index contributed by atoms with van der Waals surface area (Å²) in [6.07, 6.45) is -1.38. The topological polar surface area (TPSA) is 79.9 Å². The van der Waals surface area contributed by atoms with Crippen LogP contribution in [0.2, 0.25) is 0 Å². The molecule has 0 bridgehead atoms. The number of carbonyl (C=O) groups excluding carboxylic acids is 1. The van der Waals surface area contributed by atoms with Gasteiger partial charge in [-0.05, 0) is 33.6 Å². The van der Waals surface area contributed by atoms with Gasteiger partial charge in [-0.15, -0.1) is 0 Å². The van der Waals surface area contributed by atoms with Gasteiger partial charge in [-0.2, -0.15) is 15.4 Å². The minimum atomic E-state index is -2.41. The number of hydrogen-bond donors (Lipinski definition) is 2. The Labute approximate surface area is 115 Å². The normalized spacial score (nSPS) is 26.2. The summed E-state index contributed by atoms with van der Waals surface area (Å²) in [5.74, 6) is -0.748. The monoisotopic (exact) mass is 288 g/mol. The maximum absolute atomic E-state index is 12.7. The van der Waals surface area contributed by atoms with Gasteiger partial charge >= 0.3 is 6.09 Å². The lowest BCUT2D eigenvalue weighted by atomic mass is 9.67. The SMILES string of the molecule is CC(C)(C)OC(=O)NC1(c2cn[nH]n2)CC(C(F)F)C1. The summed E-state index contributed by atoms with van der Waals surface area (Å²) < 4.78 is 30.5. The number of aromatic nitrogens is 3. The highest BCUT2D eigenvalue weighted by atomic mass is 19.3. The molecule has 6 nitrogen and oxygen atoms in total. The van der Waals surface area contributed by atoms with E-state index in [-0.39, 0.29) is 12.8 Å². The van der Waals surface area contributed by atoms with Crippen molar-refractivity contribution in [1.82, 2.24) is 20.7 Å². The number of nitrogens with zero attached hydrogens (tertiary/aromatic N) is 2. The number of alkyl carbamates (subject to hydrolysis) is 1. The van der Waals surface area contributed by atoms with Crippen LogP contribution in [0.25, 0.3) is 0 Å². The molecule has 1 heterocycles. The fraction of sp³-hybridized carbons (Fsp3) is 0.750. The molecule has 1 aliphatic carbocycles. The number of alkyl halides is 2. The van der Waals surface area contributed by atoms with Gasteiger partial charge in [-0.3, -0.25) is 0 Å². The molecule has 112 valence electrons. The number of hydrogen-bond acceptors (Lipinski definition) is 4. The third-order valence-corrected chi connectivity index (χ3v) is 3.22. The Bertz CT molecular complexity index is 464. The number of H-pyrrole nitrogens is 1. The van der Waals surface area contributed by atoms with Gasteiger partial charge < -0.3 is 10.1 Å². The number of carbonyl (C=O) groups is 1. The lowest BCUT2D eigenvalue weighted by molar-refractivity contribution is -0.0345. The van der Waals surface area contributed by atoms with E-state index in [1.54, 1.807) is 20.8 Å². The molecule has 1 aliphatic rings. The lowest BCUT2D eigenvalue weighted by Crippen LogP contribution is -2.57. The van der Waals surface area contributed by atoms with Crippen LogP contribution in [0, 0.1) is 5.92 Å². The highest BCUT2D eigenvalue weighted by Gasteiger charge is 2.52. The Morgan fingerprint density at radius 3 is 2.65 bits per heavy atom. The van der Waals surface area contributed by atoms with Gasteiger partial charge in [0.25, 0.3) is 0 Å². The zero-order valence-corrected chi connectivity index (χ0v) is 11.6. The predicted octanol–water partition coefficient (Wildman–Crippen LogP) is 2.20. The molecule has 2 N–H and O–H groups in total. The van der Waals surface area contributed by atoms with Crippen molar-refractivity contribution in [2.45, 2.75) is 51.2 Å². The molecule has 8 heteroatoms. The van der Waals surface area contributed by atoms with Crippen molar-refractivity contribution in [2.75, 3.05) is 0 Å². The van der Waals surface area contributed by atoms with Crippen molar-refractivity contribution in [1.29, 1.82) is 0 Å². The van der Waals surface area contributed by atoms with E-state index in [2.05, 4.69) is 20.7 Å². The molecule has 1 saturated carbocycles. The van der Waals surface area contributed by atoms with Crippen LogP contribution >= 0.6 is 0 Å². The molecule has 1 amide bonds. The van der Waals surface area contributed by atoms with Crippen molar-refractivity contribution < 1.29 is 18.3 Å². The molecular weight excluding hydrogens is 270 g/mol. The van der Waals surface area contributed by atoms with Crippen LogP contribution in [0.5, 0.6) is 0 Å². The van der Waals surface area contributed by atoms with Crippen molar-refractivity contribution in [3.05, 3.63) is 11.9 Å². The van der Waals surface area contributed by atoms with Crippen LogP contribution < -0.4 is 5.32 Å². The molecule has 2 rings (SSSR count). The van der Waals surface area contributed by atoms with E-state index in [0.29, 0.717) is 5.69 Å². The van der Waals surface area contributed by atoms with E-state index < -0.39 is 29.6 Å². The Morgan fingerprint density at radius 1 is 1.55 bits per heavy atom. The van der Waals surface area contributed by atoms with Gasteiger partial charge in [-0.25, -0.2) is 13.6 Å². The van der Waals surface area contributed by atoms with Gasteiger partial charge in [0.05, 0.1) is 11.7 Å². The first-order valence-electron chi connectivity index (χ1n) is 6.37. The average Bonchev–Trinajstić information content (AvgIpc) is 2.72. The van der Waals surface area contributed by atoms with Crippen molar-refractivity contribution >= 4 is 6.09 Å². The van der Waals surface area contributed by atoms with Crippen LogP contribution in [0.1, 0.15) is 39.3 Å². The second-order valence-electron chi connectivity index (χ2n) is 6.07. The number of halogens is 2. The second-order valence-corrected chi connectivity index (χ2v) is 6.07. The molecule has 0 aliphatic heterocycles. The summed E-state index contributed by atoms with van der Waals surface area (Å²) in [5.41, 5.74) is -1.13. The Morgan fingerprint density at radius 2 is 2.20 bits per heavy atom. The Balaban J connectivity index is 2.08. The standard InChI is InChI=1S/C12H18F2N4O2/c1-11(2,3)20-10(19)16-12(8-6-15-18-17-8)4-7(5-12)9(13)14/h6-7,9H,4-5H2,1-3H3,(H,16,19)(H,15,17,18). The van der Waals surface area contributed by atoms with Gasteiger partial charge in [0.1, 0.15) is 11.3 Å². The van der Waals surface area contributed by atoms with Crippen molar-refractivity contribution in [3.63, 3.8) is 0 Å². The first-order valence-corrected chi connectivity index (χ1v) is 6.37. The number of amides is 1. The summed E-state index contributed by atoms with van der Waals surface area (Å²) >= 11 is 0. The third-order valence-electron chi connectivity index (χ3n) is 3.22. The van der Waals surface area contributed by atoms with Gasteiger partial charge in [0.2, 0.25) is 6.43 Å². The lowest BCUT2D eigenvalue weighted by Gasteiger charge is -2.46. The molecule has 1 fully saturated rings. The smallest absolute Gasteiger partial charge is 0.408 e. The summed E-state index contributed by atoms with van der Waals surface area (Å²) in [6.45, 7) is 5.20. The maximum Gasteiger partial charge on any atom is 0.408 e. The highest BCUT2D eigenvalue weighted by Crippen LogP contribution is 2.47. The number of rotatable bonds is 3. The minimum absolute atomic E-state index is 0.121. The zero-order chi connectivity index (χ0) is 15.0. The molecular formula is C12H18F2N4O2. The fourth-order valence-corrected chi connectivity index (χ4v) is 2.32. The van der Waals surface area contributed by atoms with Crippen LogP contribution in [0.15, 0.2) is 6.20 Å². The Hall–Kier alpha value is -1.73. The Kier molecular flexibility index (Phi) is 3.66. The highest BCUT2D eigenvalue weighted by molar-refractivity contribution is 5.69. The van der Waals surface area contributed by atoms with E-state index in [1.807, 2.05) is 0 Å². The number of ether oxygens (including phenoxy) is 1. The molecule has 0 atom stereocenters. The van der Waals surface area contributed by atoms with E-state index in [0.717, 1.165) is 0 Å². The molecule has 1 aromatic rings. The quantitative estimate of drug-likeness (QED) is 0.893. The van der Waals surface area contributed by atoms with Crippen LogP contribution in [0.4, 0.5) is 13.6 Å². The fourth-order valence-electron chi connectivity index (χ4n) is 2.32. The molecule has 0 unspecified atom stereocenters. The van der Waals surface area contributed by atoms with Gasteiger partial charge in [-0.1, -0.05) is 0 Å². The zero-order valence-electron chi connectivity index (χ0n) is 11.6. The van der Waals surface area contributed by atoms with Crippen LogP contribution in [-0.4, -0.2) is 33.5 Å². The molecule has 1 aromatic heterocycles. The largest absolute Gasteiger partial charge is 0.444 e. The predicted molar refractivity (Wildman–Crippen MR) is 66.2 cm³/mol. The molecule has 0 spiro atoms. The second kappa shape index (κ2) is 4.99. The van der Waals surface area contributed by atoms with E-state index in [9.17, 15) is 13.6 Å². The number of aromatic amines is 1. The first-order chi connectivity index (χ1) is 9.22. The van der Waals surface area contributed by atoms with Crippen LogP contribution in [0.3, 0.4) is 0 Å². The molecule has 0 saturated heterocycles.